The lowest BCUT2D eigenvalue weighted by Gasteiger charge is -2.05. The zero-order valence-corrected chi connectivity index (χ0v) is 9.93. The number of aromatic nitrogens is 2. The Labute approximate surface area is 104 Å². The molecule has 92 valence electrons. The minimum Gasteiger partial charge on any atom is -0.322 e. The van der Waals surface area contributed by atoms with Gasteiger partial charge in [-0.3, -0.25) is 9.59 Å². The molecule has 5 nitrogen and oxygen atoms in total. The number of aromatic amines is 1. The first kappa shape index (κ1) is 12.0. The molecule has 0 bridgehead atoms. The van der Waals surface area contributed by atoms with E-state index in [1.807, 2.05) is 12.1 Å². The molecule has 0 saturated carbocycles. The number of amides is 1. The minimum absolute atomic E-state index is 0.00271. The molecule has 0 spiro atoms. The van der Waals surface area contributed by atoms with E-state index in [-0.39, 0.29) is 5.56 Å². The smallest absolute Gasteiger partial charge is 0.263 e. The van der Waals surface area contributed by atoms with Crippen LogP contribution in [0, 0.1) is 0 Å². The van der Waals surface area contributed by atoms with Gasteiger partial charge in [-0.25, -0.2) is 4.98 Å². The zero-order chi connectivity index (χ0) is 13.0. The summed E-state index contributed by atoms with van der Waals surface area (Å²) >= 11 is 0. The Bertz CT molecular complexity index is 602. The Morgan fingerprint density at radius 1 is 1.33 bits per heavy atom. The maximum absolute atomic E-state index is 11.8. The molecule has 1 amide bonds. The Hall–Kier alpha value is -2.43. The first-order chi connectivity index (χ1) is 8.70. The quantitative estimate of drug-likeness (QED) is 0.859. The summed E-state index contributed by atoms with van der Waals surface area (Å²) in [5, 5.41) is 2.65. The summed E-state index contributed by atoms with van der Waals surface area (Å²) < 4.78 is 0. The normalized spacial score (nSPS) is 10.1. The third-order valence-corrected chi connectivity index (χ3v) is 2.58. The summed E-state index contributed by atoms with van der Waals surface area (Å²) in [5.41, 5.74) is 1.39. The second-order valence-electron chi connectivity index (χ2n) is 3.80. The van der Waals surface area contributed by atoms with Crippen LogP contribution < -0.4 is 10.9 Å². The van der Waals surface area contributed by atoms with E-state index in [2.05, 4.69) is 22.2 Å². The summed E-state index contributed by atoms with van der Waals surface area (Å²) in [4.78, 5) is 29.3. The molecule has 0 aliphatic rings. The fourth-order valence-corrected chi connectivity index (χ4v) is 1.53. The highest BCUT2D eigenvalue weighted by Gasteiger charge is 2.10. The predicted octanol–water partition coefficient (Wildman–Crippen LogP) is 1.58. The fourth-order valence-electron chi connectivity index (χ4n) is 1.53. The van der Waals surface area contributed by atoms with Gasteiger partial charge in [0.15, 0.2) is 0 Å². The van der Waals surface area contributed by atoms with Crippen LogP contribution in [0.5, 0.6) is 0 Å². The van der Waals surface area contributed by atoms with Crippen molar-refractivity contribution >= 4 is 11.6 Å². The number of anilines is 1. The number of aryl methyl sites for hydroxylation is 1. The fraction of sp³-hybridized carbons (Fsp3) is 0.154. The van der Waals surface area contributed by atoms with Crippen molar-refractivity contribution in [1.82, 2.24) is 9.97 Å². The van der Waals surface area contributed by atoms with Gasteiger partial charge in [0.05, 0.1) is 6.33 Å². The molecule has 0 aliphatic heterocycles. The molecule has 0 radical (unpaired) electrons. The van der Waals surface area contributed by atoms with Crippen molar-refractivity contribution in [1.29, 1.82) is 0 Å². The second-order valence-corrected chi connectivity index (χ2v) is 3.80. The van der Waals surface area contributed by atoms with E-state index in [1.54, 1.807) is 12.1 Å². The Morgan fingerprint density at radius 2 is 2.06 bits per heavy atom. The highest BCUT2D eigenvalue weighted by molar-refractivity contribution is 6.03. The lowest BCUT2D eigenvalue weighted by Crippen LogP contribution is -2.23. The SMILES string of the molecule is CCc1ccc(NC(=O)c2cnc[nH]c2=O)cc1. The van der Waals surface area contributed by atoms with Crippen LogP contribution in [-0.4, -0.2) is 15.9 Å². The molecule has 2 rings (SSSR count). The van der Waals surface area contributed by atoms with E-state index < -0.39 is 11.5 Å². The maximum atomic E-state index is 11.8. The molecule has 0 aliphatic carbocycles. The molecule has 5 heteroatoms. The lowest BCUT2D eigenvalue weighted by atomic mass is 10.1. The molecule has 1 heterocycles. The van der Waals surface area contributed by atoms with Gasteiger partial charge in [0, 0.05) is 11.9 Å². The largest absolute Gasteiger partial charge is 0.322 e. The van der Waals surface area contributed by atoms with Gasteiger partial charge in [0.2, 0.25) is 0 Å². The molecule has 2 N–H and O–H groups in total. The molecule has 0 saturated heterocycles. The van der Waals surface area contributed by atoms with Gasteiger partial charge in [0.25, 0.3) is 11.5 Å². The van der Waals surface area contributed by atoms with Crippen molar-refractivity contribution in [2.45, 2.75) is 13.3 Å². The van der Waals surface area contributed by atoms with E-state index >= 15 is 0 Å². The third-order valence-electron chi connectivity index (χ3n) is 2.58. The highest BCUT2D eigenvalue weighted by Crippen LogP contribution is 2.10. The number of carbonyl (C=O) groups excluding carboxylic acids is 1. The highest BCUT2D eigenvalue weighted by atomic mass is 16.2. The average Bonchev–Trinajstić information content (AvgIpc) is 2.40. The lowest BCUT2D eigenvalue weighted by molar-refractivity contribution is 0.102. The van der Waals surface area contributed by atoms with E-state index in [4.69, 9.17) is 0 Å². The number of rotatable bonds is 3. The van der Waals surface area contributed by atoms with Gasteiger partial charge in [-0.15, -0.1) is 0 Å². The molecular weight excluding hydrogens is 230 g/mol. The van der Waals surface area contributed by atoms with Gasteiger partial charge in [-0.2, -0.15) is 0 Å². The second kappa shape index (κ2) is 5.27. The van der Waals surface area contributed by atoms with Crippen molar-refractivity contribution in [3.8, 4) is 0 Å². The number of nitrogens with one attached hydrogen (secondary N) is 2. The van der Waals surface area contributed by atoms with Crippen molar-refractivity contribution < 1.29 is 4.79 Å². The van der Waals surface area contributed by atoms with E-state index in [0.29, 0.717) is 5.69 Å². The Kier molecular flexibility index (Phi) is 3.52. The molecule has 18 heavy (non-hydrogen) atoms. The molecule has 2 aromatic rings. The third kappa shape index (κ3) is 2.63. The Morgan fingerprint density at radius 3 is 2.67 bits per heavy atom. The van der Waals surface area contributed by atoms with Gasteiger partial charge >= 0.3 is 0 Å². The number of hydrogen-bond acceptors (Lipinski definition) is 3. The number of nitrogens with zero attached hydrogens (tertiary/aromatic N) is 1. The number of H-pyrrole nitrogens is 1. The molecular formula is C13H13N3O2. The average molecular weight is 243 g/mol. The van der Waals surface area contributed by atoms with E-state index in [1.165, 1.54) is 18.1 Å². The number of carbonyl (C=O) groups is 1. The summed E-state index contributed by atoms with van der Waals surface area (Å²) in [6.07, 6.45) is 3.43. The van der Waals surface area contributed by atoms with Gasteiger partial charge < -0.3 is 10.3 Å². The summed E-state index contributed by atoms with van der Waals surface area (Å²) in [6.45, 7) is 2.06. The predicted molar refractivity (Wildman–Crippen MR) is 68.6 cm³/mol. The standard InChI is InChI=1S/C13H13N3O2/c1-2-9-3-5-10(6-4-9)16-13(18)11-7-14-8-15-12(11)17/h3-8H,2H2,1H3,(H,16,18)(H,14,15,17). The maximum Gasteiger partial charge on any atom is 0.263 e. The molecule has 0 atom stereocenters. The van der Waals surface area contributed by atoms with Crippen LogP contribution in [0.4, 0.5) is 5.69 Å². The van der Waals surface area contributed by atoms with Crippen LogP contribution in [0.25, 0.3) is 0 Å². The van der Waals surface area contributed by atoms with Crippen LogP contribution in [0.3, 0.4) is 0 Å². The zero-order valence-electron chi connectivity index (χ0n) is 9.93. The van der Waals surface area contributed by atoms with Crippen LogP contribution >= 0.6 is 0 Å². The van der Waals surface area contributed by atoms with Gasteiger partial charge in [-0.05, 0) is 24.1 Å². The van der Waals surface area contributed by atoms with Crippen molar-refractivity contribution in [3.63, 3.8) is 0 Å². The van der Waals surface area contributed by atoms with E-state index in [0.717, 1.165) is 6.42 Å². The van der Waals surface area contributed by atoms with Crippen molar-refractivity contribution in [2.24, 2.45) is 0 Å². The minimum atomic E-state index is -0.464. The van der Waals surface area contributed by atoms with Crippen LogP contribution in [0.2, 0.25) is 0 Å². The van der Waals surface area contributed by atoms with Crippen LogP contribution in [0.15, 0.2) is 41.6 Å². The first-order valence-electron chi connectivity index (χ1n) is 5.63. The van der Waals surface area contributed by atoms with E-state index in [9.17, 15) is 9.59 Å². The topological polar surface area (TPSA) is 74.8 Å². The van der Waals surface area contributed by atoms with Gasteiger partial charge in [-0.1, -0.05) is 19.1 Å². The van der Waals surface area contributed by atoms with Crippen LogP contribution in [-0.2, 0) is 6.42 Å². The molecule has 0 unspecified atom stereocenters. The monoisotopic (exact) mass is 243 g/mol. The van der Waals surface area contributed by atoms with Crippen LogP contribution in [0.1, 0.15) is 22.8 Å². The molecule has 0 fully saturated rings. The number of benzene rings is 1. The van der Waals surface area contributed by atoms with Crippen molar-refractivity contribution in [2.75, 3.05) is 5.32 Å². The number of hydrogen-bond donors (Lipinski definition) is 2. The summed E-state index contributed by atoms with van der Waals surface area (Å²) in [7, 11) is 0. The van der Waals surface area contributed by atoms with Crippen molar-refractivity contribution in [3.05, 3.63) is 58.3 Å². The summed E-state index contributed by atoms with van der Waals surface area (Å²) in [5.74, 6) is -0.464. The molecule has 1 aromatic heterocycles. The van der Waals surface area contributed by atoms with Gasteiger partial charge in [0.1, 0.15) is 5.56 Å². The molecule has 1 aromatic carbocycles. The summed E-state index contributed by atoms with van der Waals surface area (Å²) in [6, 6.07) is 7.48. The Balaban J connectivity index is 2.16. The first-order valence-corrected chi connectivity index (χ1v) is 5.63.